The zero-order valence-electron chi connectivity index (χ0n) is 14.7. The average molecular weight is 390 g/mol. The first-order valence-electron chi connectivity index (χ1n) is 8.26. The summed E-state index contributed by atoms with van der Waals surface area (Å²) < 4.78 is 11.5. The number of nitrogens with zero attached hydrogens (tertiary/aromatic N) is 1. The lowest BCUT2D eigenvalue weighted by molar-refractivity contribution is 0.289. The van der Waals surface area contributed by atoms with E-state index in [1.807, 2.05) is 36.9 Å². The van der Waals surface area contributed by atoms with E-state index in [0.29, 0.717) is 40.2 Å². The normalized spacial score (nSPS) is 13.7. The van der Waals surface area contributed by atoms with Crippen LogP contribution in [0.15, 0.2) is 33.5 Å². The van der Waals surface area contributed by atoms with Gasteiger partial charge in [0.25, 0.3) is 0 Å². The van der Waals surface area contributed by atoms with Crippen molar-refractivity contribution in [3.8, 4) is 5.75 Å². The number of hydrogen-bond acceptors (Lipinski definition) is 4. The molecule has 3 aromatic rings. The smallest absolute Gasteiger partial charge is 0.339 e. The first-order chi connectivity index (χ1) is 12.4. The Labute approximate surface area is 160 Å². The van der Waals surface area contributed by atoms with E-state index in [1.165, 1.54) is 0 Å². The van der Waals surface area contributed by atoms with E-state index in [1.54, 1.807) is 13.0 Å². The first kappa shape index (κ1) is 17.3. The van der Waals surface area contributed by atoms with Gasteiger partial charge in [-0.2, -0.15) is 0 Å². The molecule has 0 bridgehead atoms. The Morgan fingerprint density at radius 2 is 1.81 bits per heavy atom. The van der Waals surface area contributed by atoms with Gasteiger partial charge in [0.15, 0.2) is 6.73 Å². The molecule has 2 heterocycles. The summed E-state index contributed by atoms with van der Waals surface area (Å²) in [6, 6.07) is 7.67. The Morgan fingerprint density at radius 1 is 1.04 bits per heavy atom. The van der Waals surface area contributed by atoms with E-state index < -0.39 is 0 Å². The second-order valence-corrected chi connectivity index (χ2v) is 7.40. The maximum absolute atomic E-state index is 12.2. The molecule has 0 spiro atoms. The number of halogens is 2. The lowest BCUT2D eigenvalue weighted by Crippen LogP contribution is -2.32. The largest absolute Gasteiger partial charge is 0.471 e. The highest BCUT2D eigenvalue weighted by Gasteiger charge is 2.26. The van der Waals surface area contributed by atoms with E-state index in [2.05, 4.69) is 0 Å². The predicted octanol–water partition coefficient (Wildman–Crippen LogP) is 5.38. The molecule has 1 aliphatic rings. The molecule has 0 atom stereocenters. The van der Waals surface area contributed by atoms with Crippen LogP contribution in [0.4, 0.5) is 5.69 Å². The molecule has 0 amide bonds. The van der Waals surface area contributed by atoms with E-state index >= 15 is 0 Å². The summed E-state index contributed by atoms with van der Waals surface area (Å²) in [6.45, 7) is 6.47. The van der Waals surface area contributed by atoms with Crippen molar-refractivity contribution in [2.45, 2.75) is 27.3 Å². The number of fused-ring (bicyclic) bond motifs is 3. The molecule has 6 heteroatoms. The standard InChI is InChI=1S/C20H17Cl2NO3/c1-10-4-5-13(6-16(10)21)23-8-15-18-14(7-17(22)19(15)25-9-23)11(2)12(3)20(24)26-18/h4-7H,8-9H2,1-3H3. The summed E-state index contributed by atoms with van der Waals surface area (Å²) in [7, 11) is 0. The fraction of sp³-hybridized carbons (Fsp3) is 0.250. The second-order valence-electron chi connectivity index (χ2n) is 6.59. The van der Waals surface area contributed by atoms with Crippen molar-refractivity contribution in [2.75, 3.05) is 11.6 Å². The van der Waals surface area contributed by atoms with Crippen LogP contribution < -0.4 is 15.3 Å². The molecule has 1 aliphatic heterocycles. The third kappa shape index (κ3) is 2.65. The van der Waals surface area contributed by atoms with Crippen molar-refractivity contribution < 1.29 is 9.15 Å². The highest BCUT2D eigenvalue weighted by Crippen LogP contribution is 2.40. The van der Waals surface area contributed by atoms with Crippen LogP contribution in [0.1, 0.15) is 22.3 Å². The van der Waals surface area contributed by atoms with Gasteiger partial charge < -0.3 is 14.1 Å². The van der Waals surface area contributed by atoms with Gasteiger partial charge in [0.1, 0.15) is 11.3 Å². The van der Waals surface area contributed by atoms with Crippen molar-refractivity contribution in [1.82, 2.24) is 0 Å². The summed E-state index contributed by atoms with van der Waals surface area (Å²) in [5, 5.41) is 2.05. The SMILES string of the molecule is Cc1ccc(N2COc3c(Cl)cc4c(C)c(C)c(=O)oc4c3C2)cc1Cl. The van der Waals surface area contributed by atoms with Crippen LogP contribution in [0.5, 0.6) is 5.75 Å². The molecule has 0 N–H and O–H groups in total. The molecule has 0 saturated heterocycles. The van der Waals surface area contributed by atoms with Gasteiger partial charge in [-0.1, -0.05) is 29.3 Å². The van der Waals surface area contributed by atoms with Crippen LogP contribution in [0.3, 0.4) is 0 Å². The Hall–Kier alpha value is -2.17. The third-order valence-electron chi connectivity index (χ3n) is 4.98. The summed E-state index contributed by atoms with van der Waals surface area (Å²) >= 11 is 12.7. The number of aryl methyl sites for hydroxylation is 2. The van der Waals surface area contributed by atoms with E-state index in [-0.39, 0.29) is 5.63 Å². The summed E-state index contributed by atoms with van der Waals surface area (Å²) in [4.78, 5) is 14.2. The van der Waals surface area contributed by atoms with Gasteiger partial charge in [-0.05, 0) is 50.1 Å². The molecule has 4 rings (SSSR count). The Kier molecular flexibility index (Phi) is 4.13. The van der Waals surface area contributed by atoms with Crippen LogP contribution in [0.2, 0.25) is 10.0 Å². The molecule has 134 valence electrons. The van der Waals surface area contributed by atoms with E-state index in [4.69, 9.17) is 32.4 Å². The summed E-state index contributed by atoms with van der Waals surface area (Å²) in [5.41, 5.74) is 4.37. The maximum Gasteiger partial charge on any atom is 0.339 e. The van der Waals surface area contributed by atoms with Crippen LogP contribution >= 0.6 is 23.2 Å². The molecule has 0 saturated carbocycles. The summed E-state index contributed by atoms with van der Waals surface area (Å²) in [6.07, 6.45) is 0. The van der Waals surface area contributed by atoms with Gasteiger partial charge in [0, 0.05) is 21.7 Å². The Morgan fingerprint density at radius 3 is 2.54 bits per heavy atom. The fourth-order valence-corrected chi connectivity index (χ4v) is 3.66. The topological polar surface area (TPSA) is 42.7 Å². The zero-order valence-corrected chi connectivity index (χ0v) is 16.2. The Balaban J connectivity index is 1.88. The number of anilines is 1. The highest BCUT2D eigenvalue weighted by molar-refractivity contribution is 6.33. The van der Waals surface area contributed by atoms with Crippen LogP contribution in [0.25, 0.3) is 11.0 Å². The van der Waals surface area contributed by atoms with Crippen molar-refractivity contribution in [2.24, 2.45) is 0 Å². The quantitative estimate of drug-likeness (QED) is 0.523. The highest BCUT2D eigenvalue weighted by atomic mass is 35.5. The van der Waals surface area contributed by atoms with Gasteiger partial charge in [-0.25, -0.2) is 4.79 Å². The third-order valence-corrected chi connectivity index (χ3v) is 5.67. The van der Waals surface area contributed by atoms with Gasteiger partial charge in [-0.15, -0.1) is 0 Å². The van der Waals surface area contributed by atoms with Gasteiger partial charge in [-0.3, -0.25) is 0 Å². The molecule has 26 heavy (non-hydrogen) atoms. The van der Waals surface area contributed by atoms with Crippen LogP contribution in [-0.2, 0) is 6.54 Å². The van der Waals surface area contributed by atoms with E-state index in [0.717, 1.165) is 27.8 Å². The molecule has 2 aromatic carbocycles. The van der Waals surface area contributed by atoms with Gasteiger partial charge >= 0.3 is 5.63 Å². The number of benzene rings is 2. The number of hydrogen-bond donors (Lipinski definition) is 0. The van der Waals surface area contributed by atoms with Crippen molar-refractivity contribution >= 4 is 39.9 Å². The minimum atomic E-state index is -0.338. The van der Waals surface area contributed by atoms with Crippen molar-refractivity contribution in [1.29, 1.82) is 0 Å². The number of ether oxygens (including phenoxy) is 1. The molecule has 1 aromatic heterocycles. The predicted molar refractivity (Wildman–Crippen MR) is 105 cm³/mol. The summed E-state index contributed by atoms with van der Waals surface area (Å²) in [5.74, 6) is 0.569. The monoisotopic (exact) mass is 389 g/mol. The fourth-order valence-electron chi connectivity index (χ4n) is 3.21. The molecule has 0 fully saturated rings. The Bertz CT molecular complexity index is 1100. The zero-order chi connectivity index (χ0) is 18.6. The van der Waals surface area contributed by atoms with Gasteiger partial charge in [0.2, 0.25) is 0 Å². The molecule has 0 unspecified atom stereocenters. The molecular weight excluding hydrogens is 373 g/mol. The van der Waals surface area contributed by atoms with E-state index in [9.17, 15) is 4.79 Å². The maximum atomic E-state index is 12.2. The molecule has 0 radical (unpaired) electrons. The average Bonchev–Trinajstić information content (AvgIpc) is 2.63. The van der Waals surface area contributed by atoms with Crippen LogP contribution in [-0.4, -0.2) is 6.73 Å². The second kappa shape index (κ2) is 6.22. The van der Waals surface area contributed by atoms with Crippen molar-refractivity contribution in [3.05, 3.63) is 67.0 Å². The molecular formula is C20H17Cl2NO3. The molecule has 4 nitrogen and oxygen atoms in total. The van der Waals surface area contributed by atoms with Crippen molar-refractivity contribution in [3.63, 3.8) is 0 Å². The first-order valence-corrected chi connectivity index (χ1v) is 9.01. The lowest BCUT2D eigenvalue weighted by atomic mass is 10.0. The van der Waals surface area contributed by atoms with Crippen LogP contribution in [0, 0.1) is 20.8 Å². The molecule has 0 aliphatic carbocycles. The number of rotatable bonds is 1. The lowest BCUT2D eigenvalue weighted by Gasteiger charge is -2.32. The minimum absolute atomic E-state index is 0.338. The van der Waals surface area contributed by atoms with Gasteiger partial charge in [0.05, 0.1) is 17.1 Å². The minimum Gasteiger partial charge on any atom is -0.471 e.